The molecule has 0 saturated heterocycles. The molecule has 2 rings (SSSR count). The Morgan fingerprint density at radius 2 is 1.87 bits per heavy atom. The largest absolute Gasteiger partial charge is 0.289 e. The van der Waals surface area contributed by atoms with Gasteiger partial charge in [0, 0.05) is 15.5 Å². The zero-order chi connectivity index (χ0) is 16.7. The molecule has 0 saturated carbocycles. The minimum Gasteiger partial charge on any atom is -0.289 e. The summed E-state index contributed by atoms with van der Waals surface area (Å²) in [7, 11) is 0. The normalized spacial score (nSPS) is 11.1. The van der Waals surface area contributed by atoms with Crippen LogP contribution in [0.4, 0.5) is 0 Å². The highest BCUT2D eigenvalue weighted by Gasteiger charge is 2.07. The van der Waals surface area contributed by atoms with Crippen LogP contribution in [0.1, 0.15) is 35.7 Å². The number of carbonyl (C=O) groups is 1. The maximum Gasteiger partial charge on any atom is 0.187 e. The van der Waals surface area contributed by atoms with Crippen LogP contribution in [0.2, 0.25) is 10.0 Å². The number of halogens is 2. The Balaban J connectivity index is 2.00. The Kier molecular flexibility index (Phi) is 7.22. The maximum atomic E-state index is 12.2. The quantitative estimate of drug-likeness (QED) is 0.233. The standard InChI is InChI=1S/C19H18Cl2OS/c1-2-3-12-23-16-8-4-14(5-9-16)6-11-19(22)17-10-7-15(20)13-18(17)21/h4-11,13H,2-3,12H2,1H3. The zero-order valence-electron chi connectivity index (χ0n) is 12.9. The van der Waals surface area contributed by atoms with Crippen molar-refractivity contribution < 1.29 is 4.79 Å². The van der Waals surface area contributed by atoms with E-state index in [-0.39, 0.29) is 5.78 Å². The number of rotatable bonds is 7. The monoisotopic (exact) mass is 364 g/mol. The first-order chi connectivity index (χ1) is 11.1. The third kappa shape index (κ3) is 5.72. The molecule has 0 aliphatic rings. The first-order valence-electron chi connectivity index (χ1n) is 7.50. The van der Waals surface area contributed by atoms with E-state index in [1.54, 1.807) is 24.3 Å². The van der Waals surface area contributed by atoms with E-state index in [0.29, 0.717) is 15.6 Å². The highest BCUT2D eigenvalue weighted by molar-refractivity contribution is 7.99. The lowest BCUT2D eigenvalue weighted by Crippen LogP contribution is -1.95. The van der Waals surface area contributed by atoms with Crippen molar-refractivity contribution in [2.75, 3.05) is 5.75 Å². The van der Waals surface area contributed by atoms with E-state index in [9.17, 15) is 4.79 Å². The molecule has 23 heavy (non-hydrogen) atoms. The molecule has 0 bridgehead atoms. The molecule has 0 aromatic heterocycles. The molecule has 0 aliphatic heterocycles. The predicted octanol–water partition coefficient (Wildman–Crippen LogP) is 6.78. The SMILES string of the molecule is CCCCSc1ccc(C=CC(=O)c2ccc(Cl)cc2Cl)cc1. The number of benzene rings is 2. The van der Waals surface area contributed by atoms with Crippen LogP contribution in [0.3, 0.4) is 0 Å². The molecule has 0 radical (unpaired) electrons. The molecule has 0 N–H and O–H groups in total. The minimum absolute atomic E-state index is 0.131. The summed E-state index contributed by atoms with van der Waals surface area (Å²) in [6.07, 6.45) is 5.77. The highest BCUT2D eigenvalue weighted by atomic mass is 35.5. The minimum atomic E-state index is -0.131. The maximum absolute atomic E-state index is 12.2. The summed E-state index contributed by atoms with van der Waals surface area (Å²) < 4.78 is 0. The Labute approximate surface area is 151 Å². The molecule has 0 atom stereocenters. The number of hydrogen-bond acceptors (Lipinski definition) is 2. The number of carbonyl (C=O) groups excluding carboxylic acids is 1. The first-order valence-corrected chi connectivity index (χ1v) is 9.24. The number of unbranched alkanes of at least 4 members (excludes halogenated alkanes) is 1. The molecule has 0 amide bonds. The lowest BCUT2D eigenvalue weighted by Gasteiger charge is -2.02. The van der Waals surface area contributed by atoms with Crippen molar-refractivity contribution in [3.8, 4) is 0 Å². The summed E-state index contributed by atoms with van der Waals surface area (Å²) in [6, 6.07) is 13.1. The second-order valence-electron chi connectivity index (χ2n) is 5.09. The fourth-order valence-corrected chi connectivity index (χ4v) is 3.46. The number of hydrogen-bond donors (Lipinski definition) is 0. The molecule has 1 nitrogen and oxygen atoms in total. The molecular formula is C19H18Cl2OS. The summed E-state index contributed by atoms with van der Waals surface area (Å²) in [6.45, 7) is 2.19. The van der Waals surface area contributed by atoms with Crippen molar-refractivity contribution in [3.05, 3.63) is 69.7 Å². The molecule has 2 aromatic carbocycles. The van der Waals surface area contributed by atoms with Gasteiger partial charge in [0.15, 0.2) is 5.78 Å². The zero-order valence-corrected chi connectivity index (χ0v) is 15.2. The van der Waals surface area contributed by atoms with Crippen LogP contribution in [0.5, 0.6) is 0 Å². The van der Waals surface area contributed by atoms with Gasteiger partial charge in [-0.25, -0.2) is 0 Å². The molecule has 0 fully saturated rings. The van der Waals surface area contributed by atoms with Crippen LogP contribution in [0.25, 0.3) is 6.08 Å². The van der Waals surface area contributed by atoms with Gasteiger partial charge in [-0.15, -0.1) is 11.8 Å². The summed E-state index contributed by atoms with van der Waals surface area (Å²) in [5.74, 6) is 1.01. The van der Waals surface area contributed by atoms with Crippen molar-refractivity contribution in [1.82, 2.24) is 0 Å². The van der Waals surface area contributed by atoms with Gasteiger partial charge in [-0.3, -0.25) is 4.79 Å². The average Bonchev–Trinajstić information content (AvgIpc) is 2.54. The highest BCUT2D eigenvalue weighted by Crippen LogP contribution is 2.23. The van der Waals surface area contributed by atoms with Gasteiger partial charge in [-0.2, -0.15) is 0 Å². The van der Waals surface area contributed by atoms with E-state index < -0.39 is 0 Å². The van der Waals surface area contributed by atoms with Gasteiger partial charge in [0.1, 0.15) is 0 Å². The first kappa shape index (κ1) is 18.1. The fourth-order valence-electron chi connectivity index (χ4n) is 1.96. The van der Waals surface area contributed by atoms with E-state index in [2.05, 4.69) is 19.1 Å². The Morgan fingerprint density at radius 3 is 2.52 bits per heavy atom. The van der Waals surface area contributed by atoms with Crippen LogP contribution >= 0.6 is 35.0 Å². The summed E-state index contributed by atoms with van der Waals surface area (Å²) >= 11 is 13.7. The Bertz CT molecular complexity index is 693. The van der Waals surface area contributed by atoms with Crippen LogP contribution in [0.15, 0.2) is 53.4 Å². The summed E-state index contributed by atoms with van der Waals surface area (Å²) in [5.41, 5.74) is 1.45. The van der Waals surface area contributed by atoms with E-state index in [0.717, 1.165) is 11.3 Å². The van der Waals surface area contributed by atoms with Gasteiger partial charge >= 0.3 is 0 Å². The van der Waals surface area contributed by atoms with Crippen molar-refractivity contribution in [2.45, 2.75) is 24.7 Å². The molecular weight excluding hydrogens is 347 g/mol. The molecule has 0 unspecified atom stereocenters. The van der Waals surface area contributed by atoms with Crippen molar-refractivity contribution in [2.24, 2.45) is 0 Å². The van der Waals surface area contributed by atoms with Crippen molar-refractivity contribution in [1.29, 1.82) is 0 Å². The molecule has 120 valence electrons. The second-order valence-corrected chi connectivity index (χ2v) is 7.10. The van der Waals surface area contributed by atoms with Gasteiger partial charge in [0.05, 0.1) is 5.02 Å². The lowest BCUT2D eigenvalue weighted by atomic mass is 10.1. The molecule has 0 aliphatic carbocycles. The van der Waals surface area contributed by atoms with Gasteiger partial charge in [0.2, 0.25) is 0 Å². The van der Waals surface area contributed by atoms with Gasteiger partial charge in [-0.1, -0.05) is 54.8 Å². The Hall–Kier alpha value is -1.22. The van der Waals surface area contributed by atoms with Crippen LogP contribution < -0.4 is 0 Å². The van der Waals surface area contributed by atoms with Crippen LogP contribution in [-0.4, -0.2) is 11.5 Å². The second kappa shape index (κ2) is 9.17. The number of ketones is 1. The van der Waals surface area contributed by atoms with Crippen molar-refractivity contribution in [3.63, 3.8) is 0 Å². The number of allylic oxidation sites excluding steroid dienone is 1. The fraction of sp³-hybridized carbons (Fsp3) is 0.211. The Morgan fingerprint density at radius 1 is 1.13 bits per heavy atom. The van der Waals surface area contributed by atoms with Gasteiger partial charge in [-0.05, 0) is 54.1 Å². The van der Waals surface area contributed by atoms with Gasteiger partial charge in [0.25, 0.3) is 0 Å². The number of thioether (sulfide) groups is 1. The molecule has 0 heterocycles. The smallest absolute Gasteiger partial charge is 0.187 e. The van der Waals surface area contributed by atoms with Gasteiger partial charge < -0.3 is 0 Å². The molecule has 0 spiro atoms. The summed E-state index contributed by atoms with van der Waals surface area (Å²) in [4.78, 5) is 13.4. The van der Waals surface area contributed by atoms with Crippen molar-refractivity contribution >= 4 is 46.8 Å². The van der Waals surface area contributed by atoms with E-state index in [4.69, 9.17) is 23.2 Å². The predicted molar refractivity (Wildman–Crippen MR) is 102 cm³/mol. The molecule has 4 heteroatoms. The average molecular weight is 365 g/mol. The summed E-state index contributed by atoms with van der Waals surface area (Å²) in [5, 5.41) is 0.890. The van der Waals surface area contributed by atoms with E-state index in [1.165, 1.54) is 23.8 Å². The topological polar surface area (TPSA) is 17.1 Å². The third-order valence-electron chi connectivity index (χ3n) is 3.27. The van der Waals surface area contributed by atoms with E-state index in [1.807, 2.05) is 23.9 Å². The molecule has 2 aromatic rings. The van der Waals surface area contributed by atoms with E-state index >= 15 is 0 Å². The lowest BCUT2D eigenvalue weighted by molar-refractivity contribution is 0.104. The van der Waals surface area contributed by atoms with Crippen LogP contribution in [-0.2, 0) is 0 Å². The van der Waals surface area contributed by atoms with Crippen LogP contribution in [0, 0.1) is 0 Å². The third-order valence-corrected chi connectivity index (χ3v) is 4.92.